The Bertz CT molecular complexity index is 775. The highest BCUT2D eigenvalue weighted by atomic mass is 16.5. The number of fused-ring (bicyclic) bond motifs is 3. The molecule has 4 saturated carbocycles. The summed E-state index contributed by atoms with van der Waals surface area (Å²) in [6, 6.07) is 5.69. The van der Waals surface area contributed by atoms with E-state index in [0.717, 1.165) is 32.1 Å². The summed E-state index contributed by atoms with van der Waals surface area (Å²) in [4.78, 5) is 25.3. The number of ether oxygens (including phenoxy) is 2. The molecule has 5 aliphatic rings. The van der Waals surface area contributed by atoms with E-state index >= 15 is 0 Å². The van der Waals surface area contributed by atoms with Crippen LogP contribution in [0.25, 0.3) is 0 Å². The number of rotatable bonds is 3. The van der Waals surface area contributed by atoms with Crippen molar-refractivity contribution in [3.05, 3.63) is 23.8 Å². The highest BCUT2D eigenvalue weighted by Gasteiger charge is 2.57. The summed E-state index contributed by atoms with van der Waals surface area (Å²) in [5.41, 5.74) is -0.142. The van der Waals surface area contributed by atoms with Crippen molar-refractivity contribution in [1.82, 2.24) is 10.6 Å². The van der Waals surface area contributed by atoms with Crippen LogP contribution in [-0.4, -0.2) is 30.7 Å². The number of amides is 2. The maximum absolute atomic E-state index is 12.7. The van der Waals surface area contributed by atoms with Crippen LogP contribution in [0.5, 0.6) is 11.5 Å². The topological polar surface area (TPSA) is 76.7 Å². The first-order valence-corrected chi connectivity index (χ1v) is 9.58. The van der Waals surface area contributed by atoms with Crippen molar-refractivity contribution in [3.8, 4) is 11.5 Å². The molecule has 1 aliphatic heterocycles. The lowest BCUT2D eigenvalue weighted by Crippen LogP contribution is -2.67. The van der Waals surface area contributed by atoms with Gasteiger partial charge in [0.1, 0.15) is 11.5 Å². The van der Waals surface area contributed by atoms with E-state index in [4.69, 9.17) is 9.47 Å². The van der Waals surface area contributed by atoms with Gasteiger partial charge in [0.2, 0.25) is 5.91 Å². The molecule has 0 radical (unpaired) electrons. The zero-order valence-corrected chi connectivity index (χ0v) is 14.9. The van der Waals surface area contributed by atoms with E-state index in [-0.39, 0.29) is 29.6 Å². The molecule has 6 rings (SSSR count). The van der Waals surface area contributed by atoms with Gasteiger partial charge in [-0.05, 0) is 50.2 Å². The summed E-state index contributed by atoms with van der Waals surface area (Å²) in [7, 11) is 1.60. The molecule has 1 heterocycles. The Morgan fingerprint density at radius 3 is 2.85 bits per heavy atom. The fourth-order valence-electron chi connectivity index (χ4n) is 4.98. The highest BCUT2D eigenvalue weighted by Crippen LogP contribution is 2.52. The molecule has 0 saturated heterocycles. The number of hydrogen-bond donors (Lipinski definition) is 2. The zero-order valence-electron chi connectivity index (χ0n) is 14.9. The molecular formula is C20H24N2O4. The smallest absolute Gasteiger partial charge is 0.258 e. The number of carbonyl (C=O) groups excluding carboxylic acids is 2. The van der Waals surface area contributed by atoms with Crippen molar-refractivity contribution < 1.29 is 19.1 Å². The average Bonchev–Trinajstić information content (AvgIpc) is 3.45. The molecule has 2 amide bonds. The second-order valence-electron chi connectivity index (χ2n) is 8.17. The SMILES string of the molecule is COc1ccc2c(c1)O[C@]1(C[C@H]3CC[C@H]1C[C@H]3C(=O)NC1CC1)NC2=O. The Hall–Kier alpha value is -2.24. The Morgan fingerprint density at radius 2 is 2.15 bits per heavy atom. The maximum Gasteiger partial charge on any atom is 0.258 e. The van der Waals surface area contributed by atoms with Gasteiger partial charge in [-0.25, -0.2) is 0 Å². The van der Waals surface area contributed by atoms with E-state index in [1.54, 1.807) is 25.3 Å². The summed E-state index contributed by atoms with van der Waals surface area (Å²) in [6.45, 7) is 0. The monoisotopic (exact) mass is 356 g/mol. The van der Waals surface area contributed by atoms with Gasteiger partial charge in [-0.15, -0.1) is 0 Å². The summed E-state index contributed by atoms with van der Waals surface area (Å²) in [5, 5.41) is 6.29. The van der Waals surface area contributed by atoms with Crippen molar-refractivity contribution in [2.24, 2.45) is 17.8 Å². The molecule has 4 aliphatic carbocycles. The molecule has 2 N–H and O–H groups in total. The molecule has 138 valence electrons. The normalized spacial score (nSPS) is 34.7. The average molecular weight is 356 g/mol. The van der Waals surface area contributed by atoms with Crippen LogP contribution in [0.4, 0.5) is 0 Å². The molecule has 1 aromatic carbocycles. The van der Waals surface area contributed by atoms with Gasteiger partial charge in [0.25, 0.3) is 5.91 Å². The molecule has 1 aromatic rings. The third-order valence-electron chi connectivity index (χ3n) is 6.53. The van der Waals surface area contributed by atoms with Crippen LogP contribution in [0.3, 0.4) is 0 Å². The highest BCUT2D eigenvalue weighted by molar-refractivity contribution is 5.98. The fraction of sp³-hybridized carbons (Fsp3) is 0.600. The quantitative estimate of drug-likeness (QED) is 0.871. The molecule has 6 heteroatoms. The van der Waals surface area contributed by atoms with Crippen molar-refractivity contribution >= 4 is 11.8 Å². The Labute approximate surface area is 152 Å². The van der Waals surface area contributed by atoms with Gasteiger partial charge < -0.3 is 20.1 Å². The maximum atomic E-state index is 12.7. The molecule has 26 heavy (non-hydrogen) atoms. The van der Waals surface area contributed by atoms with Gasteiger partial charge in [0.15, 0.2) is 5.72 Å². The number of hydrogen-bond acceptors (Lipinski definition) is 4. The molecule has 4 fully saturated rings. The van der Waals surface area contributed by atoms with Gasteiger partial charge in [-0.2, -0.15) is 0 Å². The van der Waals surface area contributed by atoms with Crippen LogP contribution in [0.2, 0.25) is 0 Å². The number of methoxy groups -OCH3 is 1. The van der Waals surface area contributed by atoms with E-state index in [1.807, 2.05) is 0 Å². The fourth-order valence-corrected chi connectivity index (χ4v) is 4.98. The first-order chi connectivity index (χ1) is 12.6. The summed E-state index contributed by atoms with van der Waals surface area (Å²) < 4.78 is 11.7. The second-order valence-corrected chi connectivity index (χ2v) is 8.17. The number of benzene rings is 1. The number of carbonyl (C=O) groups is 2. The minimum absolute atomic E-state index is 0.0483. The van der Waals surface area contributed by atoms with E-state index in [2.05, 4.69) is 10.6 Å². The van der Waals surface area contributed by atoms with Gasteiger partial charge in [-0.3, -0.25) is 9.59 Å². The largest absolute Gasteiger partial charge is 0.497 e. The van der Waals surface area contributed by atoms with Crippen LogP contribution in [-0.2, 0) is 4.79 Å². The van der Waals surface area contributed by atoms with Gasteiger partial charge in [0.05, 0.1) is 12.7 Å². The second kappa shape index (κ2) is 5.63. The third-order valence-corrected chi connectivity index (χ3v) is 6.53. The number of nitrogens with one attached hydrogen (secondary N) is 2. The Balaban J connectivity index is 1.40. The lowest BCUT2D eigenvalue weighted by atomic mass is 9.60. The standard InChI is InChI=1S/C20H24N2O4/c1-25-14-6-7-15-17(9-14)26-20(22-19(15)24)10-11-2-3-12(20)8-16(11)18(23)21-13-4-5-13/h6-7,9,11-13,16H,2-5,8,10H2,1H3,(H,21,23)(H,22,24)/t11-,12+,16-,20+/m1/s1. The molecule has 0 aromatic heterocycles. The van der Waals surface area contributed by atoms with Crippen molar-refractivity contribution in [2.75, 3.05) is 7.11 Å². The molecule has 2 bridgehead atoms. The van der Waals surface area contributed by atoms with E-state index in [9.17, 15) is 9.59 Å². The Kier molecular flexibility index (Phi) is 3.46. The van der Waals surface area contributed by atoms with Crippen LogP contribution in [0.15, 0.2) is 18.2 Å². The van der Waals surface area contributed by atoms with E-state index < -0.39 is 5.72 Å². The molecule has 1 spiro atoms. The lowest BCUT2D eigenvalue weighted by Gasteiger charge is -2.55. The van der Waals surface area contributed by atoms with Crippen LogP contribution < -0.4 is 20.1 Å². The summed E-state index contributed by atoms with van der Waals surface area (Å²) in [5.74, 6) is 1.82. The van der Waals surface area contributed by atoms with Crippen LogP contribution in [0.1, 0.15) is 48.9 Å². The van der Waals surface area contributed by atoms with E-state index in [0.29, 0.717) is 29.5 Å². The molecule has 0 unspecified atom stereocenters. The third kappa shape index (κ3) is 2.46. The lowest BCUT2D eigenvalue weighted by molar-refractivity contribution is -0.146. The van der Waals surface area contributed by atoms with Crippen LogP contribution in [0, 0.1) is 17.8 Å². The van der Waals surface area contributed by atoms with Gasteiger partial charge in [0, 0.05) is 30.4 Å². The van der Waals surface area contributed by atoms with Crippen LogP contribution >= 0.6 is 0 Å². The summed E-state index contributed by atoms with van der Waals surface area (Å²) >= 11 is 0. The van der Waals surface area contributed by atoms with Crippen molar-refractivity contribution in [1.29, 1.82) is 0 Å². The molecular weight excluding hydrogens is 332 g/mol. The van der Waals surface area contributed by atoms with E-state index in [1.165, 1.54) is 0 Å². The molecule has 6 nitrogen and oxygen atoms in total. The minimum Gasteiger partial charge on any atom is -0.497 e. The first-order valence-electron chi connectivity index (χ1n) is 9.58. The summed E-state index contributed by atoms with van der Waals surface area (Å²) in [6.07, 6.45) is 5.70. The van der Waals surface area contributed by atoms with Gasteiger partial charge >= 0.3 is 0 Å². The predicted molar refractivity (Wildman–Crippen MR) is 93.9 cm³/mol. The minimum atomic E-state index is -0.685. The molecule has 4 atom stereocenters. The predicted octanol–water partition coefficient (Wildman–Crippen LogP) is 2.23. The zero-order chi connectivity index (χ0) is 17.9. The van der Waals surface area contributed by atoms with Gasteiger partial charge in [-0.1, -0.05) is 0 Å². The Morgan fingerprint density at radius 1 is 1.31 bits per heavy atom. The van der Waals surface area contributed by atoms with Crippen molar-refractivity contribution in [3.63, 3.8) is 0 Å². The first kappa shape index (κ1) is 16.0. The van der Waals surface area contributed by atoms with Crippen molar-refractivity contribution in [2.45, 2.75) is 50.3 Å².